The van der Waals surface area contributed by atoms with Crippen LogP contribution in [0.2, 0.25) is 0 Å². The molecule has 0 spiro atoms. The molecule has 0 atom stereocenters. The Morgan fingerprint density at radius 3 is 2.80 bits per heavy atom. The molecule has 1 N–H and O–H groups in total. The maximum absolute atomic E-state index is 12.2. The highest BCUT2D eigenvalue weighted by molar-refractivity contribution is 7.99. The number of rotatable bonds is 7. The smallest absolute Gasteiger partial charge is 0.269 e. The molecule has 0 aliphatic carbocycles. The van der Waals surface area contributed by atoms with Crippen LogP contribution >= 0.6 is 11.8 Å². The van der Waals surface area contributed by atoms with Gasteiger partial charge >= 0.3 is 0 Å². The summed E-state index contributed by atoms with van der Waals surface area (Å²) >= 11 is 1.56. The average Bonchev–Trinajstić information content (AvgIpc) is 3.28. The lowest BCUT2D eigenvalue weighted by atomic mass is 10.3. The number of hydrogen-bond donors (Lipinski definition) is 1. The van der Waals surface area contributed by atoms with Gasteiger partial charge in [-0.3, -0.25) is 9.36 Å². The van der Waals surface area contributed by atoms with Crippen LogP contribution in [0.3, 0.4) is 0 Å². The van der Waals surface area contributed by atoms with E-state index >= 15 is 0 Å². The Morgan fingerprint density at radius 2 is 2.04 bits per heavy atom. The number of aryl methyl sites for hydroxylation is 1. The third-order valence-electron chi connectivity index (χ3n) is 3.49. The molecule has 0 bridgehead atoms. The quantitative estimate of drug-likeness (QED) is 0.498. The van der Waals surface area contributed by atoms with Gasteiger partial charge in [0.1, 0.15) is 30.0 Å². The minimum atomic E-state index is -0.219. The lowest BCUT2D eigenvalue weighted by Gasteiger charge is -2.07. The fourth-order valence-electron chi connectivity index (χ4n) is 2.24. The van der Waals surface area contributed by atoms with Gasteiger partial charge in [0.05, 0.1) is 0 Å². The van der Waals surface area contributed by atoms with Crippen molar-refractivity contribution in [1.82, 2.24) is 39.8 Å². The molecule has 0 unspecified atom stereocenters. The normalized spacial score (nSPS) is 10.8. The number of aromatic nitrogens is 7. The van der Waals surface area contributed by atoms with Crippen molar-refractivity contribution in [2.75, 3.05) is 12.3 Å². The molecule has 0 aromatic carbocycles. The summed E-state index contributed by atoms with van der Waals surface area (Å²) in [6.45, 7) is 5.32. The summed E-state index contributed by atoms with van der Waals surface area (Å²) in [5.74, 6) is 1.97. The van der Waals surface area contributed by atoms with Crippen LogP contribution in [-0.4, -0.2) is 52.7 Å². The maximum Gasteiger partial charge on any atom is 0.269 e. The van der Waals surface area contributed by atoms with Gasteiger partial charge in [0.15, 0.2) is 5.16 Å². The van der Waals surface area contributed by atoms with Crippen LogP contribution in [0.5, 0.6) is 0 Å². The first-order chi connectivity index (χ1) is 12.2. The van der Waals surface area contributed by atoms with Gasteiger partial charge in [-0.05, 0) is 26.0 Å². The van der Waals surface area contributed by atoms with E-state index in [1.165, 1.54) is 12.7 Å². The zero-order chi connectivity index (χ0) is 17.6. The fraction of sp³-hybridized carbons (Fsp3) is 0.333. The van der Waals surface area contributed by atoms with Crippen molar-refractivity contribution in [3.63, 3.8) is 0 Å². The van der Waals surface area contributed by atoms with Crippen LogP contribution in [0.4, 0.5) is 0 Å². The summed E-state index contributed by atoms with van der Waals surface area (Å²) in [6.07, 6.45) is 3.07. The molecule has 0 saturated carbocycles. The van der Waals surface area contributed by atoms with E-state index in [9.17, 15) is 4.79 Å². The zero-order valence-corrected chi connectivity index (χ0v) is 14.8. The molecular weight excluding hydrogens is 340 g/mol. The van der Waals surface area contributed by atoms with Crippen LogP contribution in [0, 0.1) is 6.92 Å². The number of nitrogens with one attached hydrogen (secondary N) is 1. The Labute approximate surface area is 148 Å². The van der Waals surface area contributed by atoms with Crippen LogP contribution in [0.1, 0.15) is 23.2 Å². The number of hydrogen-bond acceptors (Lipinski definition) is 7. The van der Waals surface area contributed by atoms with Gasteiger partial charge in [-0.2, -0.15) is 0 Å². The van der Waals surface area contributed by atoms with E-state index in [2.05, 4.69) is 37.6 Å². The molecule has 3 rings (SSSR count). The average molecular weight is 358 g/mol. The summed E-state index contributed by atoms with van der Waals surface area (Å²) in [5, 5.41) is 19.4. The van der Waals surface area contributed by atoms with Gasteiger partial charge in [0, 0.05) is 18.8 Å². The first-order valence-electron chi connectivity index (χ1n) is 7.82. The molecule has 9 nitrogen and oxygen atoms in total. The molecule has 0 aliphatic rings. The summed E-state index contributed by atoms with van der Waals surface area (Å²) < 4.78 is 3.68. The van der Waals surface area contributed by atoms with E-state index in [0.717, 1.165) is 17.5 Å². The molecule has 0 fully saturated rings. The number of carbonyl (C=O) groups excluding carboxylic acids is 1. The predicted molar refractivity (Wildman–Crippen MR) is 92.6 cm³/mol. The van der Waals surface area contributed by atoms with Crippen LogP contribution in [0.15, 0.2) is 36.0 Å². The van der Waals surface area contributed by atoms with E-state index in [1.54, 1.807) is 34.5 Å². The molecule has 25 heavy (non-hydrogen) atoms. The van der Waals surface area contributed by atoms with E-state index in [1.807, 2.05) is 11.5 Å². The highest BCUT2D eigenvalue weighted by Crippen LogP contribution is 2.15. The maximum atomic E-state index is 12.2. The third kappa shape index (κ3) is 4.02. The number of amides is 1. The Hall–Kier alpha value is -2.75. The predicted octanol–water partition coefficient (Wildman–Crippen LogP) is 1.10. The van der Waals surface area contributed by atoms with Crippen molar-refractivity contribution in [3.8, 4) is 5.82 Å². The molecule has 3 aromatic rings. The zero-order valence-electron chi connectivity index (χ0n) is 14.0. The standard InChI is InChI=1S/C15H18N8OS/c1-3-23-11(2)20-21-15(23)25-8-7-16-14(24)12-5-4-6-13(19-12)22-9-17-18-10-22/h4-6,9-10H,3,7-8H2,1-2H3,(H,16,24). The van der Waals surface area contributed by atoms with E-state index in [0.29, 0.717) is 23.8 Å². The SMILES string of the molecule is CCn1c(C)nnc1SCCNC(=O)c1cccc(-n2cnnc2)n1. The largest absolute Gasteiger partial charge is 0.350 e. The Kier molecular flexibility index (Phi) is 5.39. The summed E-state index contributed by atoms with van der Waals surface area (Å²) in [6, 6.07) is 5.24. The first kappa shape index (κ1) is 17.1. The van der Waals surface area contributed by atoms with E-state index in [4.69, 9.17) is 0 Å². The van der Waals surface area contributed by atoms with Gasteiger partial charge in [0.2, 0.25) is 0 Å². The third-order valence-corrected chi connectivity index (χ3v) is 4.46. The minimum Gasteiger partial charge on any atom is -0.350 e. The molecule has 10 heteroatoms. The first-order valence-corrected chi connectivity index (χ1v) is 8.80. The lowest BCUT2D eigenvalue weighted by Crippen LogP contribution is -2.27. The summed E-state index contributed by atoms with van der Waals surface area (Å²) in [7, 11) is 0. The molecule has 3 aromatic heterocycles. The molecule has 0 saturated heterocycles. The lowest BCUT2D eigenvalue weighted by molar-refractivity contribution is 0.0951. The second kappa shape index (κ2) is 7.88. The molecule has 0 radical (unpaired) electrons. The van der Waals surface area contributed by atoms with Crippen molar-refractivity contribution in [2.24, 2.45) is 0 Å². The van der Waals surface area contributed by atoms with Gasteiger partial charge in [-0.25, -0.2) is 4.98 Å². The topological polar surface area (TPSA) is 103 Å². The molecule has 1 amide bonds. The Morgan fingerprint density at radius 1 is 1.24 bits per heavy atom. The van der Waals surface area contributed by atoms with Crippen LogP contribution in [0.25, 0.3) is 5.82 Å². The van der Waals surface area contributed by atoms with Crippen LogP contribution < -0.4 is 5.32 Å². The second-order valence-electron chi connectivity index (χ2n) is 5.13. The van der Waals surface area contributed by atoms with Crippen molar-refractivity contribution in [1.29, 1.82) is 0 Å². The summed E-state index contributed by atoms with van der Waals surface area (Å²) in [4.78, 5) is 16.6. The molecule has 3 heterocycles. The second-order valence-corrected chi connectivity index (χ2v) is 6.19. The van der Waals surface area contributed by atoms with Crippen molar-refractivity contribution >= 4 is 17.7 Å². The van der Waals surface area contributed by atoms with Gasteiger partial charge in [-0.1, -0.05) is 17.8 Å². The van der Waals surface area contributed by atoms with Crippen molar-refractivity contribution in [2.45, 2.75) is 25.5 Å². The van der Waals surface area contributed by atoms with Crippen molar-refractivity contribution < 1.29 is 4.79 Å². The molecular formula is C15H18N8OS. The Bertz CT molecular complexity index is 845. The van der Waals surface area contributed by atoms with Gasteiger partial charge < -0.3 is 9.88 Å². The molecule has 130 valence electrons. The van der Waals surface area contributed by atoms with Gasteiger partial charge in [-0.15, -0.1) is 20.4 Å². The monoisotopic (exact) mass is 358 g/mol. The van der Waals surface area contributed by atoms with Crippen LogP contribution in [-0.2, 0) is 6.54 Å². The molecule has 0 aliphatic heterocycles. The number of nitrogens with zero attached hydrogens (tertiary/aromatic N) is 7. The van der Waals surface area contributed by atoms with Gasteiger partial charge in [0.25, 0.3) is 5.91 Å². The van der Waals surface area contributed by atoms with E-state index < -0.39 is 0 Å². The number of thioether (sulfide) groups is 1. The number of carbonyl (C=O) groups is 1. The number of pyridine rings is 1. The fourth-order valence-corrected chi connectivity index (χ4v) is 3.14. The van der Waals surface area contributed by atoms with Crippen molar-refractivity contribution in [3.05, 3.63) is 42.4 Å². The van der Waals surface area contributed by atoms with E-state index in [-0.39, 0.29) is 5.91 Å². The minimum absolute atomic E-state index is 0.219. The summed E-state index contributed by atoms with van der Waals surface area (Å²) in [5.41, 5.74) is 0.351. The highest BCUT2D eigenvalue weighted by Gasteiger charge is 2.10. The highest BCUT2D eigenvalue weighted by atomic mass is 32.2. The Balaban J connectivity index is 1.54.